The maximum absolute atomic E-state index is 12.8. The number of thioether (sulfide) groups is 2. The molecular weight excluding hydrogens is 279 g/mol. The first-order valence-electron chi connectivity index (χ1n) is 6.97. The van der Waals surface area contributed by atoms with Gasteiger partial charge in [-0.3, -0.25) is 0 Å². The summed E-state index contributed by atoms with van der Waals surface area (Å²) in [6.07, 6.45) is 5.24. The van der Waals surface area contributed by atoms with Crippen LogP contribution in [0.2, 0.25) is 0 Å². The van der Waals surface area contributed by atoms with Crippen LogP contribution < -0.4 is 4.74 Å². The predicted molar refractivity (Wildman–Crippen MR) is 81.5 cm³/mol. The molecule has 0 aromatic heterocycles. The first-order chi connectivity index (χ1) is 9.31. The second-order valence-corrected chi connectivity index (χ2v) is 8.03. The van der Waals surface area contributed by atoms with Crippen LogP contribution >= 0.6 is 23.5 Å². The highest BCUT2D eigenvalue weighted by Crippen LogP contribution is 2.43. The molecule has 2 atom stereocenters. The highest BCUT2D eigenvalue weighted by Gasteiger charge is 2.33. The fourth-order valence-corrected chi connectivity index (χ4v) is 6.08. The molecule has 1 aliphatic heterocycles. The van der Waals surface area contributed by atoms with Gasteiger partial charge in [0.15, 0.2) is 0 Å². The molecular formula is C15H19FOS2. The highest BCUT2D eigenvalue weighted by atomic mass is 32.2. The minimum absolute atomic E-state index is 0.202. The molecule has 1 aliphatic carbocycles. The molecule has 0 radical (unpaired) electrons. The van der Waals surface area contributed by atoms with Gasteiger partial charge in [0.2, 0.25) is 0 Å². The van der Waals surface area contributed by atoms with Crippen LogP contribution in [0.4, 0.5) is 4.39 Å². The Kier molecular flexibility index (Phi) is 4.59. The Morgan fingerprint density at radius 1 is 1.05 bits per heavy atom. The number of halogens is 1. The fourth-order valence-electron chi connectivity index (χ4n) is 2.81. The van der Waals surface area contributed by atoms with Crippen molar-refractivity contribution in [3.8, 4) is 5.75 Å². The lowest BCUT2D eigenvalue weighted by molar-refractivity contribution is 0.205. The topological polar surface area (TPSA) is 9.23 Å². The van der Waals surface area contributed by atoms with Crippen molar-refractivity contribution in [2.24, 2.45) is 5.92 Å². The van der Waals surface area contributed by atoms with Gasteiger partial charge in [-0.1, -0.05) is 0 Å². The lowest BCUT2D eigenvalue weighted by Crippen LogP contribution is -2.18. The van der Waals surface area contributed by atoms with Gasteiger partial charge in [0.05, 0.1) is 10.7 Å². The van der Waals surface area contributed by atoms with Gasteiger partial charge in [-0.2, -0.15) is 0 Å². The van der Waals surface area contributed by atoms with Gasteiger partial charge in [0.1, 0.15) is 11.6 Å². The van der Waals surface area contributed by atoms with E-state index in [4.69, 9.17) is 4.74 Å². The van der Waals surface area contributed by atoms with E-state index in [1.54, 1.807) is 12.1 Å². The molecule has 1 saturated heterocycles. The van der Waals surface area contributed by atoms with Crippen molar-refractivity contribution in [2.75, 3.05) is 11.5 Å². The fraction of sp³-hybridized carbons (Fsp3) is 0.600. The Morgan fingerprint density at radius 3 is 2.53 bits per heavy atom. The second kappa shape index (κ2) is 6.40. The number of hydrogen-bond acceptors (Lipinski definition) is 3. The summed E-state index contributed by atoms with van der Waals surface area (Å²) in [6, 6.07) is 6.39. The third-order valence-electron chi connectivity index (χ3n) is 3.78. The molecule has 4 heteroatoms. The van der Waals surface area contributed by atoms with E-state index in [2.05, 4.69) is 23.5 Å². The van der Waals surface area contributed by atoms with Gasteiger partial charge >= 0.3 is 0 Å². The van der Waals surface area contributed by atoms with Crippen LogP contribution in [0, 0.1) is 11.7 Å². The van der Waals surface area contributed by atoms with E-state index in [0.717, 1.165) is 29.1 Å². The van der Waals surface area contributed by atoms with Crippen molar-refractivity contribution in [1.82, 2.24) is 0 Å². The largest absolute Gasteiger partial charge is 0.490 e. The zero-order chi connectivity index (χ0) is 13.1. The molecule has 1 nitrogen and oxygen atoms in total. The molecule has 2 aliphatic rings. The molecule has 3 rings (SSSR count). The second-order valence-electron chi connectivity index (χ2n) is 5.23. The van der Waals surface area contributed by atoms with Crippen LogP contribution in [0.5, 0.6) is 5.75 Å². The van der Waals surface area contributed by atoms with E-state index in [9.17, 15) is 4.39 Å². The van der Waals surface area contributed by atoms with Gasteiger partial charge in [-0.25, -0.2) is 4.39 Å². The zero-order valence-electron chi connectivity index (χ0n) is 10.9. The molecule has 1 aromatic carbocycles. The summed E-state index contributed by atoms with van der Waals surface area (Å²) in [5.74, 6) is 4.03. The van der Waals surface area contributed by atoms with Crippen molar-refractivity contribution in [3.63, 3.8) is 0 Å². The average Bonchev–Trinajstić information content (AvgIpc) is 2.91. The van der Waals surface area contributed by atoms with Crippen molar-refractivity contribution >= 4 is 23.5 Å². The summed E-state index contributed by atoms with van der Waals surface area (Å²) in [5, 5.41) is 0. The van der Waals surface area contributed by atoms with Gasteiger partial charge in [-0.15, -0.1) is 23.5 Å². The van der Waals surface area contributed by atoms with E-state index in [1.807, 2.05) is 0 Å². The molecule has 0 spiro atoms. The maximum Gasteiger partial charge on any atom is 0.123 e. The molecule has 2 fully saturated rings. The van der Waals surface area contributed by atoms with E-state index >= 15 is 0 Å². The van der Waals surface area contributed by atoms with Crippen LogP contribution in [-0.4, -0.2) is 22.2 Å². The zero-order valence-corrected chi connectivity index (χ0v) is 12.5. The molecule has 104 valence electrons. The first kappa shape index (κ1) is 13.6. The Balaban J connectivity index is 1.52. The lowest BCUT2D eigenvalue weighted by Gasteiger charge is -2.26. The molecule has 0 N–H and O–H groups in total. The van der Waals surface area contributed by atoms with Gasteiger partial charge in [0, 0.05) is 0 Å². The Labute approximate surface area is 122 Å². The standard InChI is InChI=1S/C15H19FOS2/c16-12-3-6-13(7-4-12)17-14-5-2-11(10-14)15-18-8-1-9-19-15/h3-4,6-7,11,14-15H,1-2,5,8-10H2. The van der Waals surface area contributed by atoms with Crippen molar-refractivity contribution in [3.05, 3.63) is 30.1 Å². The van der Waals surface area contributed by atoms with Crippen molar-refractivity contribution in [2.45, 2.75) is 36.4 Å². The minimum Gasteiger partial charge on any atom is -0.490 e. The Bertz CT molecular complexity index is 403. The van der Waals surface area contributed by atoms with Gasteiger partial charge < -0.3 is 4.74 Å². The quantitative estimate of drug-likeness (QED) is 0.809. The maximum atomic E-state index is 12.8. The molecule has 0 amide bonds. The lowest BCUT2D eigenvalue weighted by atomic mass is 10.1. The monoisotopic (exact) mass is 298 g/mol. The Morgan fingerprint density at radius 2 is 1.79 bits per heavy atom. The van der Waals surface area contributed by atoms with Crippen LogP contribution in [0.15, 0.2) is 24.3 Å². The summed E-state index contributed by atoms with van der Waals surface area (Å²) in [7, 11) is 0. The van der Waals surface area contributed by atoms with Crippen LogP contribution in [-0.2, 0) is 0 Å². The summed E-state index contributed by atoms with van der Waals surface area (Å²) in [6.45, 7) is 0. The van der Waals surface area contributed by atoms with Crippen molar-refractivity contribution < 1.29 is 9.13 Å². The first-order valence-corrected chi connectivity index (χ1v) is 9.06. The Hall–Kier alpha value is -0.350. The van der Waals surface area contributed by atoms with Gasteiger partial charge in [0.25, 0.3) is 0 Å². The van der Waals surface area contributed by atoms with Crippen LogP contribution in [0.25, 0.3) is 0 Å². The van der Waals surface area contributed by atoms with E-state index < -0.39 is 0 Å². The number of ether oxygens (including phenoxy) is 1. The predicted octanol–water partition coefficient (Wildman–Crippen LogP) is 4.57. The molecule has 1 saturated carbocycles. The highest BCUT2D eigenvalue weighted by molar-refractivity contribution is 8.17. The van der Waals surface area contributed by atoms with E-state index in [0.29, 0.717) is 6.10 Å². The number of hydrogen-bond donors (Lipinski definition) is 0. The third kappa shape index (κ3) is 3.60. The molecule has 19 heavy (non-hydrogen) atoms. The SMILES string of the molecule is Fc1ccc(OC2CCC(C3SCCCS3)C2)cc1. The summed E-state index contributed by atoms with van der Waals surface area (Å²) in [5.41, 5.74) is 0. The summed E-state index contributed by atoms with van der Waals surface area (Å²) < 4.78 is 19.6. The minimum atomic E-state index is -0.202. The summed E-state index contributed by atoms with van der Waals surface area (Å²) >= 11 is 4.26. The number of benzene rings is 1. The van der Waals surface area contributed by atoms with Crippen LogP contribution in [0.1, 0.15) is 25.7 Å². The number of rotatable bonds is 3. The molecule has 2 unspecified atom stereocenters. The summed E-state index contributed by atoms with van der Waals surface area (Å²) in [4.78, 5) is 0. The van der Waals surface area contributed by atoms with Gasteiger partial charge in [-0.05, 0) is 67.4 Å². The van der Waals surface area contributed by atoms with E-state index in [1.165, 1.54) is 36.5 Å². The average molecular weight is 298 g/mol. The van der Waals surface area contributed by atoms with E-state index in [-0.39, 0.29) is 5.82 Å². The smallest absolute Gasteiger partial charge is 0.123 e. The third-order valence-corrected chi connectivity index (χ3v) is 7.07. The molecule has 0 bridgehead atoms. The van der Waals surface area contributed by atoms with Crippen molar-refractivity contribution in [1.29, 1.82) is 0 Å². The molecule has 1 heterocycles. The molecule has 1 aromatic rings. The van der Waals surface area contributed by atoms with Crippen LogP contribution in [0.3, 0.4) is 0 Å². The normalized spacial score (nSPS) is 28.5.